The molecule has 6 rings (SSSR count). The highest BCUT2D eigenvalue weighted by Gasteiger charge is 2.58. The lowest BCUT2D eigenvalue weighted by Crippen LogP contribution is -2.67. The van der Waals surface area contributed by atoms with Gasteiger partial charge in [-0.25, -0.2) is 9.97 Å². The average Bonchev–Trinajstić information content (AvgIpc) is 3.10. The normalized spacial score (nSPS) is 36.8. The van der Waals surface area contributed by atoms with Crippen LogP contribution in [0.5, 0.6) is 0 Å². The molecule has 0 radical (unpaired) electrons. The summed E-state index contributed by atoms with van der Waals surface area (Å²) in [5, 5.41) is 6.86. The zero-order valence-corrected chi connectivity index (χ0v) is 17.4. The lowest BCUT2D eigenvalue weighted by Gasteiger charge is -2.62. The SMILES string of the molecule is N[C@@H]1CCCN1C(=O)CNC12CC3CC(C1)CC(Nc1nccc(C(F)(F)F)n1)(C3)C2. The van der Waals surface area contributed by atoms with Crippen molar-refractivity contribution in [1.82, 2.24) is 20.2 Å². The van der Waals surface area contributed by atoms with Gasteiger partial charge in [-0.2, -0.15) is 13.2 Å². The summed E-state index contributed by atoms with van der Waals surface area (Å²) in [5.41, 5.74) is 4.58. The second-order valence-corrected chi connectivity index (χ2v) is 10.1. The van der Waals surface area contributed by atoms with Gasteiger partial charge in [0.2, 0.25) is 11.9 Å². The van der Waals surface area contributed by atoms with E-state index in [9.17, 15) is 18.0 Å². The van der Waals surface area contributed by atoms with Crippen molar-refractivity contribution in [3.63, 3.8) is 0 Å². The third-order valence-electron chi connectivity index (χ3n) is 7.62. The van der Waals surface area contributed by atoms with E-state index in [2.05, 4.69) is 20.6 Å². The molecule has 1 saturated heterocycles. The van der Waals surface area contributed by atoms with Crippen LogP contribution in [0.4, 0.5) is 19.1 Å². The smallest absolute Gasteiger partial charge is 0.349 e. The molecule has 1 amide bonds. The number of aromatic nitrogens is 2. The fraction of sp³-hybridized carbons (Fsp3) is 0.762. The molecule has 2 heterocycles. The quantitative estimate of drug-likeness (QED) is 0.654. The maximum Gasteiger partial charge on any atom is 0.433 e. The van der Waals surface area contributed by atoms with Crippen LogP contribution in [0.3, 0.4) is 0 Å². The Kier molecular flexibility index (Phi) is 4.93. The van der Waals surface area contributed by atoms with Gasteiger partial charge in [-0.15, -0.1) is 0 Å². The summed E-state index contributed by atoms with van der Waals surface area (Å²) in [6, 6.07) is 0.891. The number of amides is 1. The second-order valence-electron chi connectivity index (χ2n) is 10.1. The van der Waals surface area contributed by atoms with Crippen LogP contribution in [0.15, 0.2) is 12.3 Å². The fourth-order valence-electron chi connectivity index (χ4n) is 6.90. The first-order valence-electron chi connectivity index (χ1n) is 11.1. The molecule has 10 heteroatoms. The van der Waals surface area contributed by atoms with Crippen LogP contribution in [0.2, 0.25) is 0 Å². The van der Waals surface area contributed by atoms with Crippen LogP contribution in [-0.2, 0) is 11.0 Å². The Morgan fingerprint density at radius 1 is 1.23 bits per heavy atom. The molecule has 1 aromatic heterocycles. The van der Waals surface area contributed by atoms with Crippen molar-refractivity contribution in [1.29, 1.82) is 0 Å². The van der Waals surface area contributed by atoms with Crippen molar-refractivity contribution in [2.45, 2.75) is 74.8 Å². The van der Waals surface area contributed by atoms with E-state index in [0.717, 1.165) is 63.6 Å². The highest BCUT2D eigenvalue weighted by atomic mass is 19.4. The first-order chi connectivity index (χ1) is 14.7. The number of nitrogens with two attached hydrogens (primary N) is 1. The summed E-state index contributed by atoms with van der Waals surface area (Å²) in [6.07, 6.45) is 3.92. The Balaban J connectivity index is 1.31. The van der Waals surface area contributed by atoms with E-state index in [0.29, 0.717) is 18.4 Å². The van der Waals surface area contributed by atoms with Crippen molar-refractivity contribution < 1.29 is 18.0 Å². The molecular weight excluding hydrogens is 409 g/mol. The summed E-state index contributed by atoms with van der Waals surface area (Å²) in [7, 11) is 0. The summed E-state index contributed by atoms with van der Waals surface area (Å²) < 4.78 is 39.3. The number of nitrogens with one attached hydrogen (secondary N) is 2. The van der Waals surface area contributed by atoms with Gasteiger partial charge in [-0.1, -0.05) is 0 Å². The van der Waals surface area contributed by atoms with Crippen molar-refractivity contribution in [3.05, 3.63) is 18.0 Å². The van der Waals surface area contributed by atoms with Gasteiger partial charge in [0, 0.05) is 23.8 Å². The van der Waals surface area contributed by atoms with Gasteiger partial charge in [0.25, 0.3) is 0 Å². The number of carbonyl (C=O) groups excluding carboxylic acids is 1. The number of halogens is 3. The van der Waals surface area contributed by atoms with E-state index in [1.165, 1.54) is 0 Å². The van der Waals surface area contributed by atoms with Crippen LogP contribution < -0.4 is 16.4 Å². The van der Waals surface area contributed by atoms with E-state index in [1.54, 1.807) is 4.90 Å². The van der Waals surface area contributed by atoms with Crippen LogP contribution in [0.25, 0.3) is 0 Å². The van der Waals surface area contributed by atoms with Crippen molar-refractivity contribution in [2.24, 2.45) is 17.6 Å². The summed E-state index contributed by atoms with van der Waals surface area (Å²) in [6.45, 7) is 0.960. The zero-order chi connectivity index (χ0) is 21.9. The molecule has 0 spiro atoms. The van der Waals surface area contributed by atoms with Gasteiger partial charge in [-0.3, -0.25) is 4.79 Å². The number of alkyl halides is 3. The predicted molar refractivity (Wildman–Crippen MR) is 108 cm³/mol. The molecule has 1 aromatic rings. The summed E-state index contributed by atoms with van der Waals surface area (Å²) >= 11 is 0. The Morgan fingerprint density at radius 2 is 1.94 bits per heavy atom. The molecular formula is C21H29F3N6O. The Hall–Kier alpha value is -1.94. The Bertz CT molecular complexity index is 848. The van der Waals surface area contributed by atoms with Gasteiger partial charge in [0.15, 0.2) is 0 Å². The van der Waals surface area contributed by atoms with Crippen LogP contribution in [0.1, 0.15) is 57.1 Å². The fourth-order valence-corrected chi connectivity index (χ4v) is 6.90. The average molecular weight is 438 g/mol. The van der Waals surface area contributed by atoms with Crippen LogP contribution in [-0.4, -0.2) is 51.1 Å². The van der Waals surface area contributed by atoms with Crippen molar-refractivity contribution in [3.8, 4) is 0 Å². The molecule has 4 bridgehead atoms. The molecule has 5 fully saturated rings. The Labute approximate surface area is 179 Å². The molecule has 0 aromatic carbocycles. The largest absolute Gasteiger partial charge is 0.433 e. The van der Waals surface area contributed by atoms with Gasteiger partial charge >= 0.3 is 6.18 Å². The lowest BCUT2D eigenvalue weighted by atomic mass is 9.50. The molecule has 2 unspecified atom stereocenters. The molecule has 4 aliphatic carbocycles. The van der Waals surface area contributed by atoms with Gasteiger partial charge < -0.3 is 21.3 Å². The molecule has 1 aliphatic heterocycles. The van der Waals surface area contributed by atoms with Gasteiger partial charge in [0.05, 0.1) is 12.7 Å². The van der Waals surface area contributed by atoms with Crippen LogP contribution in [0, 0.1) is 11.8 Å². The first-order valence-corrected chi connectivity index (χ1v) is 11.1. The number of anilines is 1. The third-order valence-corrected chi connectivity index (χ3v) is 7.62. The van der Waals surface area contributed by atoms with E-state index in [4.69, 9.17) is 5.73 Å². The number of likely N-dealkylation sites (tertiary alicyclic amines) is 1. The zero-order valence-electron chi connectivity index (χ0n) is 17.4. The topological polar surface area (TPSA) is 96.2 Å². The highest BCUT2D eigenvalue weighted by molar-refractivity contribution is 5.79. The standard InChI is InChI=1S/C21H29F3N6O/c22-21(23,24)15-3-4-26-18(28-15)29-20-9-13-6-14(10-20)8-19(7-13,12-20)27-11-17(31)30-5-1-2-16(30)25/h3-4,13-14,16,27H,1-2,5-12,25H2,(H,26,28,29)/t13?,14?,16-,19?,20?/m0/s1. The lowest BCUT2D eigenvalue weighted by molar-refractivity contribution is -0.141. The highest BCUT2D eigenvalue weighted by Crippen LogP contribution is 2.58. The number of nitrogens with zero attached hydrogens (tertiary/aromatic N) is 3. The van der Waals surface area contributed by atoms with Crippen LogP contribution >= 0.6 is 0 Å². The molecule has 7 nitrogen and oxygen atoms in total. The second kappa shape index (κ2) is 7.30. The molecule has 4 saturated carbocycles. The monoisotopic (exact) mass is 438 g/mol. The maximum absolute atomic E-state index is 13.1. The number of carbonyl (C=O) groups is 1. The van der Waals surface area contributed by atoms with E-state index < -0.39 is 11.9 Å². The van der Waals surface area contributed by atoms with E-state index in [1.807, 2.05) is 0 Å². The van der Waals surface area contributed by atoms with Crippen molar-refractivity contribution in [2.75, 3.05) is 18.4 Å². The molecule has 4 N–H and O–H groups in total. The predicted octanol–water partition coefficient (Wildman–Crippen LogP) is 2.50. The van der Waals surface area contributed by atoms with Crippen molar-refractivity contribution >= 4 is 11.9 Å². The van der Waals surface area contributed by atoms with Gasteiger partial charge in [-0.05, 0) is 69.3 Å². The molecule has 5 aliphatic rings. The van der Waals surface area contributed by atoms with Gasteiger partial charge in [0.1, 0.15) is 5.69 Å². The number of hydrogen-bond acceptors (Lipinski definition) is 6. The number of rotatable bonds is 5. The summed E-state index contributed by atoms with van der Waals surface area (Å²) in [4.78, 5) is 22.2. The van der Waals surface area contributed by atoms with E-state index >= 15 is 0 Å². The molecule has 3 atom stereocenters. The molecule has 31 heavy (non-hydrogen) atoms. The minimum atomic E-state index is -4.50. The van der Waals surface area contributed by atoms with E-state index in [-0.39, 0.29) is 35.6 Å². The molecule has 170 valence electrons. The summed E-state index contributed by atoms with van der Waals surface area (Å²) in [5.74, 6) is 1.03. The minimum absolute atomic E-state index is 0.0315. The maximum atomic E-state index is 13.1. The Morgan fingerprint density at radius 3 is 2.58 bits per heavy atom. The number of hydrogen-bond donors (Lipinski definition) is 3. The minimum Gasteiger partial charge on any atom is -0.349 e. The first kappa shape index (κ1) is 20.9. The third kappa shape index (κ3) is 4.00.